The van der Waals surface area contributed by atoms with Gasteiger partial charge >= 0.3 is 0 Å². The van der Waals surface area contributed by atoms with Crippen LogP contribution < -0.4 is 10.9 Å². The number of aryl methyl sites for hydroxylation is 1. The molecule has 0 heterocycles. The molecule has 94 valence electrons. The predicted molar refractivity (Wildman–Crippen MR) is 75.9 cm³/mol. The molecule has 0 saturated heterocycles. The Labute approximate surface area is 113 Å². The Kier molecular flexibility index (Phi) is 4.89. The summed E-state index contributed by atoms with van der Waals surface area (Å²) >= 11 is 0. The lowest BCUT2D eigenvalue weighted by molar-refractivity contribution is 0.0987. The number of benzene rings is 2. The molecule has 0 spiro atoms. The Balaban J connectivity index is 0.00000162. The molecule has 0 aromatic heterocycles. The van der Waals surface area contributed by atoms with Crippen molar-refractivity contribution in [2.75, 3.05) is 5.01 Å². The average Bonchev–Trinajstić information content (AvgIpc) is 2.39. The molecule has 0 aliphatic carbocycles. The van der Waals surface area contributed by atoms with Crippen molar-refractivity contribution >= 4 is 24.0 Å². The van der Waals surface area contributed by atoms with Crippen molar-refractivity contribution < 1.29 is 4.79 Å². The monoisotopic (exact) mass is 262 g/mol. The second-order valence-electron chi connectivity index (χ2n) is 3.88. The second kappa shape index (κ2) is 6.19. The Morgan fingerprint density at radius 1 is 1.00 bits per heavy atom. The molecule has 2 aromatic rings. The molecule has 0 atom stereocenters. The standard InChI is InChI=1S/C14H14N2O.ClH/c1-11-7-9-12(10-8-11)14(17)16(15)13-5-3-2-4-6-13;/h2-10H,15H2,1H3;1H. The summed E-state index contributed by atoms with van der Waals surface area (Å²) in [5.74, 6) is 5.58. The molecular formula is C14H15ClN2O. The van der Waals surface area contributed by atoms with Crippen LogP contribution in [-0.4, -0.2) is 5.91 Å². The van der Waals surface area contributed by atoms with Crippen LogP contribution in [0, 0.1) is 6.92 Å². The van der Waals surface area contributed by atoms with E-state index in [9.17, 15) is 4.79 Å². The highest BCUT2D eigenvalue weighted by Crippen LogP contribution is 2.13. The van der Waals surface area contributed by atoms with E-state index < -0.39 is 0 Å². The van der Waals surface area contributed by atoms with Gasteiger partial charge in [-0.15, -0.1) is 12.4 Å². The maximum atomic E-state index is 12.1. The second-order valence-corrected chi connectivity index (χ2v) is 3.88. The Hall–Kier alpha value is -1.84. The van der Waals surface area contributed by atoms with Gasteiger partial charge in [-0.3, -0.25) is 4.79 Å². The minimum atomic E-state index is -0.212. The van der Waals surface area contributed by atoms with E-state index in [4.69, 9.17) is 5.84 Å². The molecule has 0 aliphatic rings. The van der Waals surface area contributed by atoms with Gasteiger partial charge in [-0.25, -0.2) is 10.9 Å². The fraction of sp³-hybridized carbons (Fsp3) is 0.0714. The predicted octanol–water partition coefficient (Wildman–Crippen LogP) is 2.94. The molecule has 1 amide bonds. The fourth-order valence-electron chi connectivity index (χ4n) is 1.54. The number of nitrogens with two attached hydrogens (primary N) is 1. The van der Waals surface area contributed by atoms with E-state index >= 15 is 0 Å². The molecular weight excluding hydrogens is 248 g/mol. The first-order valence-corrected chi connectivity index (χ1v) is 5.39. The van der Waals surface area contributed by atoms with E-state index in [-0.39, 0.29) is 18.3 Å². The Morgan fingerprint density at radius 3 is 2.11 bits per heavy atom. The summed E-state index contributed by atoms with van der Waals surface area (Å²) in [6.45, 7) is 1.98. The quantitative estimate of drug-likeness (QED) is 0.514. The lowest BCUT2D eigenvalue weighted by atomic mass is 10.1. The summed E-state index contributed by atoms with van der Waals surface area (Å²) < 4.78 is 0. The van der Waals surface area contributed by atoms with Crippen LogP contribution in [-0.2, 0) is 0 Å². The van der Waals surface area contributed by atoms with Gasteiger partial charge in [0.25, 0.3) is 5.91 Å². The summed E-state index contributed by atoms with van der Waals surface area (Å²) in [6, 6.07) is 16.5. The molecule has 0 radical (unpaired) electrons. The van der Waals surface area contributed by atoms with Gasteiger partial charge in [0, 0.05) is 5.56 Å². The van der Waals surface area contributed by atoms with Crippen molar-refractivity contribution in [1.82, 2.24) is 0 Å². The topological polar surface area (TPSA) is 46.3 Å². The number of nitrogens with zero attached hydrogens (tertiary/aromatic N) is 1. The minimum absolute atomic E-state index is 0. The zero-order valence-corrected chi connectivity index (χ0v) is 10.9. The van der Waals surface area contributed by atoms with Gasteiger partial charge in [0.1, 0.15) is 0 Å². The highest BCUT2D eigenvalue weighted by atomic mass is 35.5. The molecule has 2 N–H and O–H groups in total. The average molecular weight is 263 g/mol. The molecule has 0 aliphatic heterocycles. The van der Waals surface area contributed by atoms with Crippen LogP contribution >= 0.6 is 12.4 Å². The zero-order valence-electron chi connectivity index (χ0n) is 10.0. The van der Waals surface area contributed by atoms with E-state index in [2.05, 4.69) is 0 Å². The lowest BCUT2D eigenvalue weighted by Crippen LogP contribution is -2.37. The van der Waals surface area contributed by atoms with Crippen molar-refractivity contribution in [1.29, 1.82) is 0 Å². The summed E-state index contributed by atoms with van der Waals surface area (Å²) in [6.07, 6.45) is 0. The SMILES string of the molecule is Cc1ccc(C(=O)N(N)c2ccccc2)cc1.Cl. The highest BCUT2D eigenvalue weighted by molar-refractivity contribution is 6.05. The first-order valence-electron chi connectivity index (χ1n) is 5.39. The summed E-state index contributed by atoms with van der Waals surface area (Å²) in [4.78, 5) is 12.1. The first-order chi connectivity index (χ1) is 8.18. The minimum Gasteiger partial charge on any atom is -0.267 e. The third kappa shape index (κ3) is 3.09. The van der Waals surface area contributed by atoms with Crippen LogP contribution in [0.3, 0.4) is 0 Å². The van der Waals surface area contributed by atoms with Gasteiger partial charge in [0.05, 0.1) is 5.69 Å². The number of hydrogen-bond acceptors (Lipinski definition) is 2. The van der Waals surface area contributed by atoms with Gasteiger partial charge in [-0.05, 0) is 31.2 Å². The van der Waals surface area contributed by atoms with Crippen molar-refractivity contribution in [3.05, 3.63) is 65.7 Å². The number of para-hydroxylation sites is 1. The largest absolute Gasteiger partial charge is 0.272 e. The van der Waals surface area contributed by atoms with E-state index in [1.54, 1.807) is 24.3 Å². The number of hydrogen-bond donors (Lipinski definition) is 1. The van der Waals surface area contributed by atoms with Gasteiger partial charge in [-0.2, -0.15) is 0 Å². The smallest absolute Gasteiger partial charge is 0.267 e. The third-order valence-electron chi connectivity index (χ3n) is 2.55. The number of rotatable bonds is 2. The van der Waals surface area contributed by atoms with E-state index in [0.29, 0.717) is 11.3 Å². The van der Waals surface area contributed by atoms with Crippen LogP contribution in [0.25, 0.3) is 0 Å². The molecule has 4 heteroatoms. The van der Waals surface area contributed by atoms with Crippen LogP contribution in [0.5, 0.6) is 0 Å². The molecule has 0 unspecified atom stereocenters. The first kappa shape index (κ1) is 14.2. The van der Waals surface area contributed by atoms with Crippen LogP contribution in [0.1, 0.15) is 15.9 Å². The number of carbonyl (C=O) groups excluding carboxylic acids is 1. The van der Waals surface area contributed by atoms with Crippen molar-refractivity contribution in [3.8, 4) is 0 Å². The van der Waals surface area contributed by atoms with Gasteiger partial charge in [0.15, 0.2) is 0 Å². The maximum absolute atomic E-state index is 12.1. The van der Waals surface area contributed by atoms with Crippen molar-refractivity contribution in [3.63, 3.8) is 0 Å². The van der Waals surface area contributed by atoms with Crippen LogP contribution in [0.2, 0.25) is 0 Å². The van der Waals surface area contributed by atoms with Crippen molar-refractivity contribution in [2.24, 2.45) is 5.84 Å². The Bertz CT molecular complexity index is 511. The van der Waals surface area contributed by atoms with Gasteiger partial charge < -0.3 is 0 Å². The van der Waals surface area contributed by atoms with Gasteiger partial charge in [-0.1, -0.05) is 35.9 Å². The van der Waals surface area contributed by atoms with Crippen molar-refractivity contribution in [2.45, 2.75) is 6.92 Å². The molecule has 2 rings (SSSR count). The number of amides is 1. The van der Waals surface area contributed by atoms with Gasteiger partial charge in [0.2, 0.25) is 0 Å². The van der Waals surface area contributed by atoms with E-state index in [0.717, 1.165) is 10.6 Å². The number of hydrazine groups is 1. The molecule has 0 fully saturated rings. The molecule has 18 heavy (non-hydrogen) atoms. The highest BCUT2D eigenvalue weighted by Gasteiger charge is 2.13. The van der Waals surface area contributed by atoms with E-state index in [1.165, 1.54) is 0 Å². The molecule has 3 nitrogen and oxygen atoms in total. The molecule has 2 aromatic carbocycles. The van der Waals surface area contributed by atoms with E-state index in [1.807, 2.05) is 37.3 Å². The number of carbonyl (C=O) groups is 1. The van der Waals surface area contributed by atoms with Crippen LogP contribution in [0.4, 0.5) is 5.69 Å². The fourth-order valence-corrected chi connectivity index (χ4v) is 1.54. The number of halogens is 1. The summed E-state index contributed by atoms with van der Waals surface area (Å²) in [7, 11) is 0. The zero-order chi connectivity index (χ0) is 12.3. The third-order valence-corrected chi connectivity index (χ3v) is 2.55. The summed E-state index contributed by atoms with van der Waals surface area (Å²) in [5, 5.41) is 1.16. The molecule has 0 saturated carbocycles. The number of anilines is 1. The van der Waals surface area contributed by atoms with Crippen LogP contribution in [0.15, 0.2) is 54.6 Å². The normalized spacial score (nSPS) is 9.44. The Morgan fingerprint density at radius 2 is 1.56 bits per heavy atom. The maximum Gasteiger partial charge on any atom is 0.272 e. The lowest BCUT2D eigenvalue weighted by Gasteiger charge is -2.16. The molecule has 0 bridgehead atoms. The summed E-state index contributed by atoms with van der Waals surface area (Å²) in [5.41, 5.74) is 2.38.